The molecule has 1 N–H and O–H groups in total. The molecule has 11 heteroatoms. The molecule has 0 saturated carbocycles. The van der Waals surface area contributed by atoms with Gasteiger partial charge in [0.05, 0.1) is 7.11 Å². The Bertz CT molecular complexity index is 943. The number of benzene rings is 1. The molecule has 29 heavy (non-hydrogen) atoms. The number of ether oxygens (including phenoxy) is 1. The van der Waals surface area contributed by atoms with Crippen molar-refractivity contribution in [3.8, 4) is 5.75 Å². The topological polar surface area (TPSA) is 93.5 Å². The van der Waals surface area contributed by atoms with Gasteiger partial charge in [0, 0.05) is 44.0 Å². The van der Waals surface area contributed by atoms with E-state index < -0.39 is 22.5 Å². The Morgan fingerprint density at radius 1 is 1.31 bits per heavy atom. The summed E-state index contributed by atoms with van der Waals surface area (Å²) in [5.74, 6) is -0.258. The predicted molar refractivity (Wildman–Crippen MR) is 103 cm³/mol. The number of aromatic nitrogens is 2. The molecule has 1 amide bonds. The molecule has 0 bridgehead atoms. The van der Waals surface area contributed by atoms with Crippen LogP contribution in [-0.4, -0.2) is 54.9 Å². The third kappa shape index (κ3) is 5.10. The highest BCUT2D eigenvalue weighted by Gasteiger charge is 2.26. The third-order valence-corrected chi connectivity index (χ3v) is 6.41. The van der Waals surface area contributed by atoms with Crippen molar-refractivity contribution in [3.05, 3.63) is 42.0 Å². The zero-order valence-corrected chi connectivity index (χ0v) is 17.2. The monoisotopic (exact) mass is 430 g/mol. The quantitative estimate of drug-likeness (QED) is 0.624. The molecule has 2 rings (SSSR count). The molecule has 8 nitrogen and oxygen atoms in total. The van der Waals surface area contributed by atoms with Gasteiger partial charge in [-0.2, -0.15) is 13.1 Å². The van der Waals surface area contributed by atoms with Gasteiger partial charge in [0.2, 0.25) is 10.0 Å². The van der Waals surface area contributed by atoms with E-state index in [9.17, 15) is 22.0 Å². The first-order valence-corrected chi connectivity index (χ1v) is 10.5. The van der Waals surface area contributed by atoms with Crippen molar-refractivity contribution in [1.29, 1.82) is 0 Å². The van der Waals surface area contributed by atoms with Crippen molar-refractivity contribution in [2.24, 2.45) is 0 Å². The van der Waals surface area contributed by atoms with E-state index in [1.54, 1.807) is 13.8 Å². The van der Waals surface area contributed by atoms with Crippen LogP contribution < -0.4 is 10.1 Å². The molecule has 1 aromatic heterocycles. The largest absolute Gasteiger partial charge is 0.495 e. The van der Waals surface area contributed by atoms with Crippen molar-refractivity contribution < 1.29 is 26.7 Å². The van der Waals surface area contributed by atoms with Crippen LogP contribution in [-0.2, 0) is 16.4 Å². The highest BCUT2D eigenvalue weighted by Crippen LogP contribution is 2.28. The van der Waals surface area contributed by atoms with Crippen LogP contribution in [0.4, 0.5) is 8.78 Å². The van der Waals surface area contributed by atoms with Gasteiger partial charge in [0.25, 0.3) is 5.91 Å². The Hall–Kier alpha value is -2.53. The third-order valence-electron chi connectivity index (χ3n) is 4.34. The molecule has 2 aromatic rings. The Labute approximate surface area is 168 Å². The van der Waals surface area contributed by atoms with Gasteiger partial charge in [-0.15, -0.1) is 0 Å². The van der Waals surface area contributed by atoms with E-state index in [2.05, 4.69) is 10.3 Å². The minimum atomic E-state index is -3.84. The fourth-order valence-electron chi connectivity index (χ4n) is 2.83. The molecule has 0 aliphatic rings. The predicted octanol–water partition coefficient (Wildman–Crippen LogP) is 2.29. The van der Waals surface area contributed by atoms with Crippen LogP contribution in [0, 0.1) is 0 Å². The Morgan fingerprint density at radius 3 is 2.59 bits per heavy atom. The highest BCUT2D eigenvalue weighted by atomic mass is 32.2. The van der Waals surface area contributed by atoms with Crippen molar-refractivity contribution in [3.63, 3.8) is 0 Å². The summed E-state index contributed by atoms with van der Waals surface area (Å²) in [5, 5.41) is 2.59. The number of hydrogen-bond acceptors (Lipinski definition) is 5. The minimum absolute atomic E-state index is 0.0622. The van der Waals surface area contributed by atoms with Crippen molar-refractivity contribution >= 4 is 15.9 Å². The summed E-state index contributed by atoms with van der Waals surface area (Å²) in [6.45, 7) is 1.33. The van der Waals surface area contributed by atoms with Gasteiger partial charge in [-0.3, -0.25) is 9.36 Å². The van der Waals surface area contributed by atoms with Gasteiger partial charge in [-0.25, -0.2) is 13.4 Å². The first kappa shape index (κ1) is 22.8. The molecule has 0 unspecified atom stereocenters. The number of hydrogen-bond donors (Lipinski definition) is 1. The number of halogens is 2. The smallest absolute Gasteiger partial charge is 0.319 e. The number of rotatable bonds is 10. The first-order valence-electron chi connectivity index (χ1n) is 9.02. The van der Waals surface area contributed by atoms with Crippen LogP contribution in [0.2, 0.25) is 0 Å². The lowest BCUT2D eigenvalue weighted by Crippen LogP contribution is -2.31. The summed E-state index contributed by atoms with van der Waals surface area (Å²) in [5.41, 5.74) is 0.119. The van der Waals surface area contributed by atoms with Crippen LogP contribution in [0.5, 0.6) is 5.75 Å². The second-order valence-corrected chi connectivity index (χ2v) is 7.90. The Kier molecular flexibility index (Phi) is 7.68. The van der Waals surface area contributed by atoms with Crippen LogP contribution in [0.1, 0.15) is 36.6 Å². The maximum atomic E-state index is 12.9. The number of amides is 1. The minimum Gasteiger partial charge on any atom is -0.495 e. The van der Waals surface area contributed by atoms with Gasteiger partial charge in [-0.1, -0.05) is 13.8 Å². The summed E-state index contributed by atoms with van der Waals surface area (Å²) >= 11 is 0. The maximum absolute atomic E-state index is 12.9. The second-order valence-electron chi connectivity index (χ2n) is 5.99. The highest BCUT2D eigenvalue weighted by molar-refractivity contribution is 7.89. The number of nitrogens with one attached hydrogen (secondary N) is 1. The first-order chi connectivity index (χ1) is 13.8. The average molecular weight is 430 g/mol. The molecular formula is C18H24F2N4O4S. The SMILES string of the molecule is CCN(CC)S(=O)(=O)c1cc(C(=O)NCCc2nccn2C(F)F)ccc1OC. The Morgan fingerprint density at radius 2 is 2.00 bits per heavy atom. The van der Waals surface area contributed by atoms with E-state index in [0.29, 0.717) is 4.57 Å². The lowest BCUT2D eigenvalue weighted by molar-refractivity contribution is 0.0670. The number of imidazole rings is 1. The van der Waals surface area contributed by atoms with E-state index in [1.165, 1.54) is 35.8 Å². The van der Waals surface area contributed by atoms with Gasteiger partial charge >= 0.3 is 6.55 Å². The summed E-state index contributed by atoms with van der Waals surface area (Å²) in [4.78, 5) is 16.2. The van der Waals surface area contributed by atoms with Crippen LogP contribution in [0.25, 0.3) is 0 Å². The van der Waals surface area contributed by atoms with E-state index in [-0.39, 0.29) is 48.1 Å². The summed E-state index contributed by atoms with van der Waals surface area (Å²) in [7, 11) is -2.49. The molecule has 0 spiro atoms. The summed E-state index contributed by atoms with van der Waals surface area (Å²) in [6.07, 6.45) is 2.52. The van der Waals surface area contributed by atoms with Crippen molar-refractivity contribution in [1.82, 2.24) is 19.2 Å². The summed E-state index contributed by atoms with van der Waals surface area (Å²) in [6, 6.07) is 4.10. The average Bonchev–Trinajstić information content (AvgIpc) is 3.17. The molecule has 0 radical (unpaired) electrons. The van der Waals surface area contributed by atoms with E-state index in [0.717, 1.165) is 6.20 Å². The van der Waals surface area contributed by atoms with E-state index in [4.69, 9.17) is 4.74 Å². The van der Waals surface area contributed by atoms with Crippen LogP contribution in [0.15, 0.2) is 35.5 Å². The molecule has 1 heterocycles. The lowest BCUT2D eigenvalue weighted by atomic mass is 10.2. The molecule has 0 atom stereocenters. The fourth-order valence-corrected chi connectivity index (χ4v) is 4.47. The van der Waals surface area contributed by atoms with Crippen molar-refractivity contribution in [2.75, 3.05) is 26.7 Å². The normalized spacial score (nSPS) is 11.8. The lowest BCUT2D eigenvalue weighted by Gasteiger charge is -2.20. The zero-order valence-electron chi connectivity index (χ0n) is 16.4. The summed E-state index contributed by atoms with van der Waals surface area (Å²) < 4.78 is 58.5. The molecule has 1 aromatic carbocycles. The number of carbonyl (C=O) groups is 1. The molecule has 160 valence electrons. The van der Waals surface area contributed by atoms with E-state index >= 15 is 0 Å². The number of methoxy groups -OCH3 is 1. The molecule has 0 fully saturated rings. The van der Waals surface area contributed by atoms with Crippen LogP contribution in [0.3, 0.4) is 0 Å². The Balaban J connectivity index is 2.18. The van der Waals surface area contributed by atoms with Gasteiger partial charge in [0.1, 0.15) is 16.5 Å². The number of nitrogens with zero attached hydrogens (tertiary/aromatic N) is 3. The van der Waals surface area contributed by atoms with Gasteiger partial charge in [0.15, 0.2) is 0 Å². The van der Waals surface area contributed by atoms with Crippen molar-refractivity contribution in [2.45, 2.75) is 31.7 Å². The van der Waals surface area contributed by atoms with E-state index in [1.807, 2.05) is 0 Å². The number of sulfonamides is 1. The van der Waals surface area contributed by atoms with Gasteiger partial charge < -0.3 is 10.1 Å². The molecule has 0 aliphatic carbocycles. The van der Waals surface area contributed by atoms with Gasteiger partial charge in [-0.05, 0) is 18.2 Å². The fraction of sp³-hybridized carbons (Fsp3) is 0.444. The number of alkyl halides is 2. The van der Waals surface area contributed by atoms with Crippen LogP contribution >= 0.6 is 0 Å². The zero-order chi connectivity index (χ0) is 21.6. The molecule has 0 aliphatic heterocycles. The molecular weight excluding hydrogens is 406 g/mol. The standard InChI is InChI=1S/C18H24F2N4O4S/c1-4-23(5-2)29(26,27)15-12-13(6-7-14(15)28-3)17(25)22-9-8-16-21-10-11-24(16)18(19)20/h6-7,10-12,18H,4-5,8-9H2,1-3H3,(H,22,25). The second kappa shape index (κ2) is 9.79. The molecule has 0 saturated heterocycles. The number of carbonyl (C=O) groups excluding carboxylic acids is 1. The maximum Gasteiger partial charge on any atom is 0.319 e.